The number of nitrogens with zero attached hydrogens (tertiary/aromatic N) is 1. The third-order valence-corrected chi connectivity index (χ3v) is 4.99. The second-order valence-electron chi connectivity index (χ2n) is 4.34. The number of rotatable bonds is 7. The number of ether oxygens (including phenoxy) is 1. The molecule has 6 nitrogen and oxygen atoms in total. The summed E-state index contributed by atoms with van der Waals surface area (Å²) in [7, 11) is -0.862. The van der Waals surface area contributed by atoms with E-state index in [1.54, 1.807) is 24.3 Å². The molecule has 0 aliphatic rings. The van der Waals surface area contributed by atoms with Crippen molar-refractivity contribution < 1.29 is 17.9 Å². The van der Waals surface area contributed by atoms with E-state index in [9.17, 15) is 13.2 Å². The lowest BCUT2D eigenvalue weighted by Gasteiger charge is -2.21. The fourth-order valence-corrected chi connectivity index (χ4v) is 3.16. The van der Waals surface area contributed by atoms with E-state index < -0.39 is 16.0 Å². The smallest absolute Gasteiger partial charge is 0.305 e. The van der Waals surface area contributed by atoms with Gasteiger partial charge in [-0.15, -0.1) is 0 Å². The first kappa shape index (κ1) is 17.4. The Kier molecular flexibility index (Phi) is 6.10. The van der Waals surface area contributed by atoms with Crippen LogP contribution in [0.3, 0.4) is 0 Å². The molecule has 0 bridgehead atoms. The number of anilines is 1. The minimum atomic E-state index is -3.56. The molecule has 1 aromatic carbocycles. The van der Waals surface area contributed by atoms with Crippen molar-refractivity contribution in [2.45, 2.75) is 12.8 Å². The standard InChI is InChI=1S/C13H18N2O4S2/c1-15(11-7-4-3-6-10(11)13(14)20)21(17,18)9-5-8-12(16)19-2/h3-4,6-7H,5,8-9H2,1-2H3,(H2,14,20). The molecule has 0 aromatic heterocycles. The molecule has 21 heavy (non-hydrogen) atoms. The van der Waals surface area contributed by atoms with Crippen molar-refractivity contribution in [3.63, 3.8) is 0 Å². The number of esters is 1. The molecule has 0 saturated heterocycles. The number of carbonyl (C=O) groups excluding carboxylic acids is 1. The summed E-state index contributed by atoms with van der Waals surface area (Å²) in [6.45, 7) is 0. The first-order valence-corrected chi connectivity index (χ1v) is 8.23. The van der Waals surface area contributed by atoms with E-state index in [4.69, 9.17) is 18.0 Å². The highest BCUT2D eigenvalue weighted by Crippen LogP contribution is 2.22. The lowest BCUT2D eigenvalue weighted by Crippen LogP contribution is -2.31. The van der Waals surface area contributed by atoms with Crippen LogP contribution in [0.2, 0.25) is 0 Å². The van der Waals surface area contributed by atoms with Gasteiger partial charge in [0.25, 0.3) is 0 Å². The van der Waals surface area contributed by atoms with Gasteiger partial charge in [0.1, 0.15) is 4.99 Å². The molecule has 0 aliphatic heterocycles. The van der Waals surface area contributed by atoms with E-state index in [0.29, 0.717) is 11.3 Å². The van der Waals surface area contributed by atoms with Gasteiger partial charge >= 0.3 is 5.97 Å². The maximum Gasteiger partial charge on any atom is 0.305 e. The number of sulfonamides is 1. The molecule has 116 valence electrons. The summed E-state index contributed by atoms with van der Waals surface area (Å²) in [5.41, 5.74) is 6.51. The predicted octanol–water partition coefficient (Wildman–Crippen LogP) is 1.04. The second kappa shape index (κ2) is 7.37. The molecule has 1 rings (SSSR count). The van der Waals surface area contributed by atoms with Gasteiger partial charge in [0.05, 0.1) is 18.6 Å². The number of methoxy groups -OCH3 is 1. The zero-order chi connectivity index (χ0) is 16.0. The Morgan fingerprint density at radius 2 is 2.00 bits per heavy atom. The van der Waals surface area contributed by atoms with E-state index >= 15 is 0 Å². The Morgan fingerprint density at radius 1 is 1.38 bits per heavy atom. The van der Waals surface area contributed by atoms with Gasteiger partial charge in [-0.2, -0.15) is 0 Å². The van der Waals surface area contributed by atoms with Gasteiger partial charge in [-0.25, -0.2) is 8.42 Å². The van der Waals surface area contributed by atoms with Crippen molar-refractivity contribution in [2.75, 3.05) is 24.2 Å². The number of benzene rings is 1. The van der Waals surface area contributed by atoms with E-state index in [-0.39, 0.29) is 23.6 Å². The summed E-state index contributed by atoms with van der Waals surface area (Å²) in [5.74, 6) is -0.596. The van der Waals surface area contributed by atoms with Crippen molar-refractivity contribution in [1.29, 1.82) is 0 Å². The fraction of sp³-hybridized carbons (Fsp3) is 0.385. The van der Waals surface area contributed by atoms with E-state index in [0.717, 1.165) is 4.31 Å². The maximum atomic E-state index is 12.3. The summed E-state index contributed by atoms with van der Waals surface area (Å²) in [4.78, 5) is 11.1. The van der Waals surface area contributed by atoms with Crippen LogP contribution >= 0.6 is 12.2 Å². The van der Waals surface area contributed by atoms with Crippen molar-refractivity contribution in [1.82, 2.24) is 0 Å². The van der Waals surface area contributed by atoms with Gasteiger partial charge < -0.3 is 10.5 Å². The molecule has 0 fully saturated rings. The highest BCUT2D eigenvalue weighted by molar-refractivity contribution is 7.92. The van der Waals surface area contributed by atoms with Crippen LogP contribution in [0.5, 0.6) is 0 Å². The second-order valence-corrected chi connectivity index (χ2v) is 6.90. The van der Waals surface area contributed by atoms with E-state index in [1.165, 1.54) is 14.2 Å². The number of thiocarbonyl (C=S) groups is 1. The summed E-state index contributed by atoms with van der Waals surface area (Å²) in [6, 6.07) is 6.73. The number of nitrogens with two attached hydrogens (primary N) is 1. The average molecular weight is 330 g/mol. The molecule has 0 radical (unpaired) electrons. The molecular formula is C13H18N2O4S2. The molecule has 2 N–H and O–H groups in total. The third kappa shape index (κ3) is 4.68. The van der Waals surface area contributed by atoms with Crippen LogP contribution in [-0.4, -0.2) is 39.3 Å². The normalized spacial score (nSPS) is 11.0. The van der Waals surface area contributed by atoms with Crippen molar-refractivity contribution >= 4 is 38.9 Å². The van der Waals surface area contributed by atoms with E-state index in [1.807, 2.05) is 0 Å². The van der Waals surface area contributed by atoms with Gasteiger partial charge in [-0.3, -0.25) is 9.10 Å². The minimum absolute atomic E-state index is 0.0561. The molecular weight excluding hydrogens is 312 g/mol. The number of hydrogen-bond donors (Lipinski definition) is 1. The topological polar surface area (TPSA) is 89.7 Å². The first-order chi connectivity index (χ1) is 9.79. The summed E-state index contributed by atoms with van der Waals surface area (Å²) in [5, 5.41) is 0. The summed E-state index contributed by atoms with van der Waals surface area (Å²) >= 11 is 4.92. The predicted molar refractivity (Wildman–Crippen MR) is 85.8 cm³/mol. The monoisotopic (exact) mass is 330 g/mol. The van der Waals surface area contributed by atoms with Gasteiger partial charge in [-0.1, -0.05) is 24.4 Å². The Hall–Kier alpha value is -1.67. The van der Waals surface area contributed by atoms with Gasteiger partial charge in [0.15, 0.2) is 0 Å². The van der Waals surface area contributed by atoms with Crippen molar-refractivity contribution in [2.24, 2.45) is 5.73 Å². The van der Waals surface area contributed by atoms with Crippen molar-refractivity contribution in [3.05, 3.63) is 29.8 Å². The summed E-state index contributed by atoms with van der Waals surface area (Å²) in [6.07, 6.45) is 0.245. The molecule has 0 atom stereocenters. The van der Waals surface area contributed by atoms with Crippen LogP contribution in [0.4, 0.5) is 5.69 Å². The molecule has 1 aromatic rings. The van der Waals surface area contributed by atoms with Gasteiger partial charge in [0.2, 0.25) is 10.0 Å². The van der Waals surface area contributed by atoms with Gasteiger partial charge in [0, 0.05) is 19.0 Å². The van der Waals surface area contributed by atoms with Crippen LogP contribution < -0.4 is 10.0 Å². The maximum absolute atomic E-state index is 12.3. The van der Waals surface area contributed by atoms with Crippen LogP contribution in [-0.2, 0) is 19.6 Å². The lowest BCUT2D eigenvalue weighted by atomic mass is 10.2. The van der Waals surface area contributed by atoms with Crippen molar-refractivity contribution in [3.8, 4) is 0 Å². The largest absolute Gasteiger partial charge is 0.469 e. The Balaban J connectivity index is 2.89. The van der Waals surface area contributed by atoms with Crippen LogP contribution in [0, 0.1) is 0 Å². The molecule has 8 heteroatoms. The lowest BCUT2D eigenvalue weighted by molar-refractivity contribution is -0.140. The Labute approximate surface area is 129 Å². The van der Waals surface area contributed by atoms with Crippen LogP contribution in [0.25, 0.3) is 0 Å². The van der Waals surface area contributed by atoms with Crippen LogP contribution in [0.15, 0.2) is 24.3 Å². The Bertz CT molecular complexity index is 629. The van der Waals surface area contributed by atoms with E-state index in [2.05, 4.69) is 4.74 Å². The number of hydrogen-bond acceptors (Lipinski definition) is 5. The molecule has 0 heterocycles. The highest BCUT2D eigenvalue weighted by Gasteiger charge is 2.21. The molecule has 0 saturated carbocycles. The molecule has 0 aliphatic carbocycles. The quantitative estimate of drug-likeness (QED) is 0.593. The summed E-state index contributed by atoms with van der Waals surface area (Å²) < 4.78 is 30.1. The first-order valence-electron chi connectivity index (χ1n) is 6.22. The number of carbonyl (C=O) groups is 1. The minimum Gasteiger partial charge on any atom is -0.469 e. The highest BCUT2D eigenvalue weighted by atomic mass is 32.2. The molecule has 0 spiro atoms. The Morgan fingerprint density at radius 3 is 2.57 bits per heavy atom. The molecule has 0 unspecified atom stereocenters. The SMILES string of the molecule is COC(=O)CCCS(=O)(=O)N(C)c1ccccc1C(N)=S. The fourth-order valence-electron chi connectivity index (χ4n) is 1.74. The average Bonchev–Trinajstić information content (AvgIpc) is 2.45. The third-order valence-electron chi connectivity index (χ3n) is 2.94. The number of para-hydroxylation sites is 1. The van der Waals surface area contributed by atoms with Gasteiger partial charge in [-0.05, 0) is 18.6 Å². The zero-order valence-electron chi connectivity index (χ0n) is 11.9. The zero-order valence-corrected chi connectivity index (χ0v) is 13.5. The molecule has 0 amide bonds. The van der Waals surface area contributed by atoms with Crippen LogP contribution in [0.1, 0.15) is 18.4 Å².